The number of ether oxygens (including phenoxy) is 1. The number of carbonyl (C=O) groups excluding carboxylic acids is 2. The molecule has 2 aromatic rings. The molecule has 0 aliphatic rings. The van der Waals surface area contributed by atoms with E-state index in [1.165, 1.54) is 19.3 Å². The first-order chi connectivity index (χ1) is 11.0. The van der Waals surface area contributed by atoms with Crippen LogP contribution in [0.5, 0.6) is 11.5 Å². The van der Waals surface area contributed by atoms with Gasteiger partial charge < -0.3 is 9.84 Å². The van der Waals surface area contributed by atoms with E-state index in [0.29, 0.717) is 16.9 Å². The van der Waals surface area contributed by atoms with Crippen molar-refractivity contribution in [3.8, 4) is 11.5 Å². The maximum atomic E-state index is 12.1. The summed E-state index contributed by atoms with van der Waals surface area (Å²) >= 11 is 0. The topological polar surface area (TPSA) is 63.6 Å². The van der Waals surface area contributed by atoms with Gasteiger partial charge in [-0.3, -0.25) is 9.59 Å². The summed E-state index contributed by atoms with van der Waals surface area (Å²) in [6.07, 6.45) is 2.78. The molecule has 23 heavy (non-hydrogen) atoms. The van der Waals surface area contributed by atoms with E-state index >= 15 is 0 Å². The van der Waals surface area contributed by atoms with Gasteiger partial charge in [-0.25, -0.2) is 0 Å². The zero-order valence-corrected chi connectivity index (χ0v) is 13.1. The van der Waals surface area contributed by atoms with Gasteiger partial charge in [-0.15, -0.1) is 0 Å². The summed E-state index contributed by atoms with van der Waals surface area (Å²) in [5, 5.41) is 9.52. The second-order valence-corrected chi connectivity index (χ2v) is 5.20. The Labute approximate surface area is 135 Å². The van der Waals surface area contributed by atoms with Crippen LogP contribution < -0.4 is 4.74 Å². The molecule has 0 heterocycles. The van der Waals surface area contributed by atoms with Gasteiger partial charge in [0.05, 0.1) is 13.5 Å². The maximum Gasteiger partial charge on any atom is 0.170 e. The lowest BCUT2D eigenvalue weighted by Gasteiger charge is -2.03. The first-order valence-corrected chi connectivity index (χ1v) is 7.17. The largest absolute Gasteiger partial charge is 0.504 e. The van der Waals surface area contributed by atoms with Crippen molar-refractivity contribution in [1.82, 2.24) is 0 Å². The monoisotopic (exact) mass is 310 g/mol. The molecular weight excluding hydrogens is 292 g/mol. The van der Waals surface area contributed by atoms with Crippen molar-refractivity contribution in [1.29, 1.82) is 0 Å². The van der Waals surface area contributed by atoms with E-state index < -0.39 is 0 Å². The van der Waals surface area contributed by atoms with Gasteiger partial charge in [0.25, 0.3) is 0 Å². The summed E-state index contributed by atoms with van der Waals surface area (Å²) in [5.74, 6) is -0.115. The zero-order chi connectivity index (χ0) is 16.8. The summed E-state index contributed by atoms with van der Waals surface area (Å²) < 4.78 is 5.00. The number of benzene rings is 2. The number of phenols is 1. The molecule has 0 spiro atoms. The molecule has 2 rings (SSSR count). The zero-order valence-electron chi connectivity index (χ0n) is 13.1. The molecule has 0 fully saturated rings. The third kappa shape index (κ3) is 4.54. The van der Waals surface area contributed by atoms with Crippen LogP contribution in [-0.2, 0) is 4.79 Å². The minimum absolute atomic E-state index is 0.0330. The van der Waals surface area contributed by atoms with Gasteiger partial charge >= 0.3 is 0 Å². The average molecular weight is 310 g/mol. The lowest BCUT2D eigenvalue weighted by atomic mass is 10.0. The molecular formula is C19H18O4. The van der Waals surface area contributed by atoms with Crippen LogP contribution in [0, 0.1) is 6.92 Å². The van der Waals surface area contributed by atoms with E-state index in [4.69, 9.17) is 4.74 Å². The molecule has 0 aromatic heterocycles. The highest BCUT2D eigenvalue weighted by Crippen LogP contribution is 2.26. The molecule has 4 nitrogen and oxygen atoms in total. The highest BCUT2D eigenvalue weighted by atomic mass is 16.5. The van der Waals surface area contributed by atoms with E-state index in [2.05, 4.69) is 0 Å². The normalized spacial score (nSPS) is 10.7. The van der Waals surface area contributed by atoms with E-state index in [-0.39, 0.29) is 23.7 Å². The van der Waals surface area contributed by atoms with Crippen LogP contribution in [-0.4, -0.2) is 23.8 Å². The lowest BCUT2D eigenvalue weighted by molar-refractivity contribution is -0.113. The second-order valence-electron chi connectivity index (χ2n) is 5.20. The third-order valence-electron chi connectivity index (χ3n) is 3.34. The number of rotatable bonds is 6. The standard InChI is InChI=1S/C19H18O4/c1-13-4-3-5-15(10-13)18(22)12-16(20)8-6-14-7-9-17(21)19(11-14)23-2/h3-11,21H,12H2,1-2H3. The number of hydrogen-bond acceptors (Lipinski definition) is 4. The molecule has 0 unspecified atom stereocenters. The molecule has 0 saturated carbocycles. The molecule has 0 radical (unpaired) electrons. The van der Waals surface area contributed by atoms with E-state index in [1.807, 2.05) is 13.0 Å². The predicted octanol–water partition coefficient (Wildman–Crippen LogP) is 3.56. The Hall–Kier alpha value is -2.88. The van der Waals surface area contributed by atoms with E-state index in [1.54, 1.807) is 36.4 Å². The Bertz CT molecular complexity index is 760. The summed E-state index contributed by atoms with van der Waals surface area (Å²) in [5.41, 5.74) is 2.23. The second kappa shape index (κ2) is 7.40. The first-order valence-electron chi connectivity index (χ1n) is 7.17. The number of phenolic OH excluding ortho intramolecular Hbond substituents is 1. The Morgan fingerprint density at radius 3 is 2.65 bits per heavy atom. The summed E-state index contributed by atoms with van der Waals surface area (Å²) in [6, 6.07) is 11.9. The minimum Gasteiger partial charge on any atom is -0.504 e. The predicted molar refractivity (Wildman–Crippen MR) is 88.8 cm³/mol. The fraction of sp³-hybridized carbons (Fsp3) is 0.158. The maximum absolute atomic E-state index is 12.1. The van der Waals surface area contributed by atoms with Gasteiger partial charge in [-0.05, 0) is 36.8 Å². The molecule has 0 bridgehead atoms. The minimum atomic E-state index is -0.274. The number of hydrogen-bond donors (Lipinski definition) is 1. The summed E-state index contributed by atoms with van der Waals surface area (Å²) in [4.78, 5) is 24.0. The smallest absolute Gasteiger partial charge is 0.170 e. The van der Waals surface area contributed by atoms with Gasteiger partial charge in [-0.1, -0.05) is 35.9 Å². The quantitative estimate of drug-likeness (QED) is 0.503. The van der Waals surface area contributed by atoms with Crippen molar-refractivity contribution in [3.05, 3.63) is 65.2 Å². The van der Waals surface area contributed by atoms with E-state index in [9.17, 15) is 14.7 Å². The number of Topliss-reactive ketones (excluding diaryl/α,β-unsaturated/α-hetero) is 1. The summed E-state index contributed by atoms with van der Waals surface area (Å²) in [6.45, 7) is 1.90. The number of ketones is 2. The highest BCUT2D eigenvalue weighted by molar-refractivity contribution is 6.12. The average Bonchev–Trinajstić information content (AvgIpc) is 2.54. The number of carbonyl (C=O) groups is 2. The van der Waals surface area contributed by atoms with Crippen LogP contribution in [0.3, 0.4) is 0 Å². The molecule has 0 aliphatic heterocycles. The number of allylic oxidation sites excluding steroid dienone is 1. The van der Waals surface area contributed by atoms with Crippen LogP contribution in [0.25, 0.3) is 6.08 Å². The number of aromatic hydroxyl groups is 1. The van der Waals surface area contributed by atoms with Gasteiger partial charge in [0.2, 0.25) is 0 Å². The van der Waals surface area contributed by atoms with E-state index in [0.717, 1.165) is 5.56 Å². The molecule has 0 saturated heterocycles. The van der Waals surface area contributed by atoms with Gasteiger partial charge in [0.1, 0.15) is 0 Å². The van der Waals surface area contributed by atoms with Crippen molar-refractivity contribution in [2.75, 3.05) is 7.11 Å². The van der Waals surface area contributed by atoms with Gasteiger partial charge in [0, 0.05) is 5.56 Å². The van der Waals surface area contributed by atoms with Crippen LogP contribution in [0.4, 0.5) is 0 Å². The fourth-order valence-corrected chi connectivity index (χ4v) is 2.12. The SMILES string of the molecule is COc1cc(C=CC(=O)CC(=O)c2cccc(C)c2)ccc1O. The molecule has 2 aromatic carbocycles. The Morgan fingerprint density at radius 2 is 1.96 bits per heavy atom. The number of aryl methyl sites for hydroxylation is 1. The van der Waals surface area contributed by atoms with Crippen molar-refractivity contribution in [2.24, 2.45) is 0 Å². The Balaban J connectivity index is 2.03. The lowest BCUT2D eigenvalue weighted by Crippen LogP contribution is -2.06. The highest BCUT2D eigenvalue weighted by Gasteiger charge is 2.10. The molecule has 118 valence electrons. The Kier molecular flexibility index (Phi) is 5.31. The molecule has 0 amide bonds. The first kappa shape index (κ1) is 16.5. The molecule has 0 aliphatic carbocycles. The van der Waals surface area contributed by atoms with Crippen LogP contribution >= 0.6 is 0 Å². The Morgan fingerprint density at radius 1 is 1.17 bits per heavy atom. The van der Waals surface area contributed by atoms with Gasteiger partial charge in [0.15, 0.2) is 23.1 Å². The number of methoxy groups -OCH3 is 1. The van der Waals surface area contributed by atoms with Gasteiger partial charge in [-0.2, -0.15) is 0 Å². The fourth-order valence-electron chi connectivity index (χ4n) is 2.12. The van der Waals surface area contributed by atoms with Crippen LogP contribution in [0.1, 0.15) is 27.9 Å². The molecule has 0 atom stereocenters. The summed E-state index contributed by atoms with van der Waals surface area (Å²) in [7, 11) is 1.45. The van der Waals surface area contributed by atoms with Crippen molar-refractivity contribution in [2.45, 2.75) is 13.3 Å². The van der Waals surface area contributed by atoms with Crippen LogP contribution in [0.2, 0.25) is 0 Å². The third-order valence-corrected chi connectivity index (χ3v) is 3.34. The van der Waals surface area contributed by atoms with Crippen LogP contribution in [0.15, 0.2) is 48.5 Å². The molecule has 4 heteroatoms. The molecule has 1 N–H and O–H groups in total. The van der Waals surface area contributed by atoms with Crippen molar-refractivity contribution >= 4 is 17.6 Å². The van der Waals surface area contributed by atoms with Crippen molar-refractivity contribution < 1.29 is 19.4 Å². The van der Waals surface area contributed by atoms with Crippen molar-refractivity contribution in [3.63, 3.8) is 0 Å².